The summed E-state index contributed by atoms with van der Waals surface area (Å²) in [5.74, 6) is 1.00. The maximum atomic E-state index is 12.1. The third-order valence-electron chi connectivity index (χ3n) is 5.43. The van der Waals surface area contributed by atoms with Gasteiger partial charge in [0.2, 0.25) is 5.91 Å². The molecule has 2 aliphatic carbocycles. The molecule has 0 heterocycles. The number of amides is 1. The van der Waals surface area contributed by atoms with Gasteiger partial charge in [0.15, 0.2) is 0 Å². The molecule has 3 nitrogen and oxygen atoms in total. The highest BCUT2D eigenvalue weighted by Crippen LogP contribution is 2.68. The van der Waals surface area contributed by atoms with Gasteiger partial charge >= 0.3 is 0 Å². The van der Waals surface area contributed by atoms with Crippen molar-refractivity contribution in [1.29, 1.82) is 0 Å². The van der Waals surface area contributed by atoms with Crippen molar-refractivity contribution in [3.05, 3.63) is 0 Å². The molecular formula is C14H26N2O. The number of rotatable bonds is 3. The Morgan fingerprint density at radius 2 is 1.82 bits per heavy atom. The Morgan fingerprint density at radius 3 is 2.24 bits per heavy atom. The van der Waals surface area contributed by atoms with Gasteiger partial charge in [0.25, 0.3) is 0 Å². The molecule has 0 aromatic heterocycles. The van der Waals surface area contributed by atoms with Crippen LogP contribution in [0.5, 0.6) is 0 Å². The third-order valence-corrected chi connectivity index (χ3v) is 5.43. The van der Waals surface area contributed by atoms with E-state index in [-0.39, 0.29) is 22.7 Å². The maximum absolute atomic E-state index is 12.1. The molecular weight excluding hydrogens is 212 g/mol. The molecule has 3 heteroatoms. The molecule has 0 radical (unpaired) electrons. The molecule has 2 atom stereocenters. The first-order valence-corrected chi connectivity index (χ1v) is 6.80. The van der Waals surface area contributed by atoms with E-state index in [0.717, 1.165) is 19.4 Å². The van der Waals surface area contributed by atoms with Gasteiger partial charge in [0, 0.05) is 18.5 Å². The highest BCUT2D eigenvalue weighted by molar-refractivity contribution is 5.84. The highest BCUT2D eigenvalue weighted by atomic mass is 16.2. The molecule has 2 aliphatic rings. The molecule has 0 aliphatic heterocycles. The lowest BCUT2D eigenvalue weighted by Gasteiger charge is -2.11. The summed E-state index contributed by atoms with van der Waals surface area (Å²) in [5.41, 5.74) is 6.16. The Bertz CT molecular complexity index is 308. The molecule has 98 valence electrons. The first kappa shape index (κ1) is 12.9. The van der Waals surface area contributed by atoms with Gasteiger partial charge < -0.3 is 11.1 Å². The molecule has 0 bridgehead atoms. The van der Waals surface area contributed by atoms with E-state index in [0.29, 0.717) is 12.0 Å². The standard InChI is InChI=1S/C14H26N2O/c1-13(2)11(14(13,3)4)12(17)16-8-9-5-6-10(15)7-9/h9-11H,5-8,15H2,1-4H3,(H,16,17). The van der Waals surface area contributed by atoms with Gasteiger partial charge in [-0.15, -0.1) is 0 Å². The van der Waals surface area contributed by atoms with Crippen LogP contribution < -0.4 is 11.1 Å². The molecule has 17 heavy (non-hydrogen) atoms. The van der Waals surface area contributed by atoms with Crippen LogP contribution in [-0.2, 0) is 4.79 Å². The van der Waals surface area contributed by atoms with Crippen LogP contribution in [0.4, 0.5) is 0 Å². The molecule has 2 saturated carbocycles. The van der Waals surface area contributed by atoms with E-state index in [1.165, 1.54) is 6.42 Å². The van der Waals surface area contributed by atoms with Crippen molar-refractivity contribution in [3.8, 4) is 0 Å². The predicted molar refractivity (Wildman–Crippen MR) is 69.4 cm³/mol. The second-order valence-electron chi connectivity index (χ2n) is 7.06. The fourth-order valence-corrected chi connectivity index (χ4v) is 3.50. The van der Waals surface area contributed by atoms with Gasteiger partial charge in [0.05, 0.1) is 0 Å². The van der Waals surface area contributed by atoms with Crippen molar-refractivity contribution < 1.29 is 4.79 Å². The Hall–Kier alpha value is -0.570. The van der Waals surface area contributed by atoms with Crippen molar-refractivity contribution in [2.45, 2.75) is 53.0 Å². The normalized spacial score (nSPS) is 34.6. The number of nitrogens with two attached hydrogens (primary N) is 1. The van der Waals surface area contributed by atoms with Crippen LogP contribution in [0.15, 0.2) is 0 Å². The monoisotopic (exact) mass is 238 g/mol. The van der Waals surface area contributed by atoms with E-state index < -0.39 is 0 Å². The topological polar surface area (TPSA) is 55.1 Å². The smallest absolute Gasteiger partial charge is 0.224 e. The second kappa shape index (κ2) is 3.98. The lowest BCUT2D eigenvalue weighted by Crippen LogP contribution is -2.32. The molecule has 2 rings (SSSR count). The lowest BCUT2D eigenvalue weighted by atomic mass is 10.0. The number of hydrogen-bond donors (Lipinski definition) is 2. The number of carbonyl (C=O) groups is 1. The summed E-state index contributed by atoms with van der Waals surface area (Å²) in [6, 6.07) is 0.353. The summed E-state index contributed by atoms with van der Waals surface area (Å²) in [6.45, 7) is 9.55. The van der Waals surface area contributed by atoms with Crippen molar-refractivity contribution in [2.75, 3.05) is 6.54 Å². The summed E-state index contributed by atoms with van der Waals surface area (Å²) in [7, 11) is 0. The van der Waals surface area contributed by atoms with Crippen LogP contribution in [0.3, 0.4) is 0 Å². The van der Waals surface area contributed by atoms with E-state index in [1.54, 1.807) is 0 Å². The third kappa shape index (κ3) is 2.10. The summed E-state index contributed by atoms with van der Waals surface area (Å²) in [6.07, 6.45) is 3.34. The van der Waals surface area contributed by atoms with Crippen LogP contribution in [-0.4, -0.2) is 18.5 Å². The van der Waals surface area contributed by atoms with E-state index in [4.69, 9.17) is 5.73 Å². The van der Waals surface area contributed by atoms with Crippen LogP contribution >= 0.6 is 0 Å². The minimum Gasteiger partial charge on any atom is -0.356 e. The summed E-state index contributed by atoms with van der Waals surface area (Å²) in [4.78, 5) is 12.1. The minimum atomic E-state index is 0.142. The van der Waals surface area contributed by atoms with Gasteiger partial charge in [-0.1, -0.05) is 27.7 Å². The zero-order valence-electron chi connectivity index (χ0n) is 11.5. The average Bonchev–Trinajstić information content (AvgIpc) is 2.54. The SMILES string of the molecule is CC1(C)C(C(=O)NCC2CCC(N)C2)C1(C)C. The van der Waals surface area contributed by atoms with E-state index in [1.807, 2.05) is 0 Å². The zero-order chi connectivity index (χ0) is 12.8. The van der Waals surface area contributed by atoms with Crippen molar-refractivity contribution in [3.63, 3.8) is 0 Å². The van der Waals surface area contributed by atoms with Crippen molar-refractivity contribution in [1.82, 2.24) is 5.32 Å². The molecule has 2 fully saturated rings. The van der Waals surface area contributed by atoms with E-state index in [2.05, 4.69) is 33.0 Å². The summed E-state index contributed by atoms with van der Waals surface area (Å²) < 4.78 is 0. The van der Waals surface area contributed by atoms with Gasteiger partial charge in [0.1, 0.15) is 0 Å². The van der Waals surface area contributed by atoms with Gasteiger partial charge in [-0.25, -0.2) is 0 Å². The molecule has 0 spiro atoms. The molecule has 0 saturated heterocycles. The molecule has 1 amide bonds. The molecule has 0 aromatic rings. The first-order valence-electron chi connectivity index (χ1n) is 6.80. The van der Waals surface area contributed by atoms with Crippen molar-refractivity contribution in [2.24, 2.45) is 28.4 Å². The van der Waals surface area contributed by atoms with Crippen LogP contribution in [0.25, 0.3) is 0 Å². The quantitative estimate of drug-likeness (QED) is 0.789. The largest absolute Gasteiger partial charge is 0.356 e. The predicted octanol–water partition coefficient (Wildman–Crippen LogP) is 1.91. The van der Waals surface area contributed by atoms with Crippen LogP contribution in [0.2, 0.25) is 0 Å². The Labute approximate surface area is 105 Å². The second-order valence-corrected chi connectivity index (χ2v) is 7.06. The molecule has 3 N–H and O–H groups in total. The fourth-order valence-electron chi connectivity index (χ4n) is 3.50. The molecule has 0 aromatic carbocycles. The van der Waals surface area contributed by atoms with E-state index in [9.17, 15) is 4.79 Å². The van der Waals surface area contributed by atoms with Gasteiger partial charge in [-0.2, -0.15) is 0 Å². The Kier molecular flexibility index (Phi) is 3.01. The molecule has 2 unspecified atom stereocenters. The zero-order valence-corrected chi connectivity index (χ0v) is 11.5. The lowest BCUT2D eigenvalue weighted by molar-refractivity contribution is -0.123. The first-order chi connectivity index (χ1) is 7.76. The highest BCUT2D eigenvalue weighted by Gasteiger charge is 2.68. The number of hydrogen-bond acceptors (Lipinski definition) is 2. The Balaban J connectivity index is 1.80. The average molecular weight is 238 g/mol. The maximum Gasteiger partial charge on any atom is 0.224 e. The van der Waals surface area contributed by atoms with Gasteiger partial charge in [-0.05, 0) is 36.0 Å². The van der Waals surface area contributed by atoms with E-state index >= 15 is 0 Å². The van der Waals surface area contributed by atoms with Crippen molar-refractivity contribution >= 4 is 5.91 Å². The fraction of sp³-hybridized carbons (Fsp3) is 0.929. The number of carbonyl (C=O) groups excluding carboxylic acids is 1. The van der Waals surface area contributed by atoms with Crippen LogP contribution in [0, 0.1) is 22.7 Å². The summed E-state index contributed by atoms with van der Waals surface area (Å²) >= 11 is 0. The Morgan fingerprint density at radius 1 is 1.24 bits per heavy atom. The number of nitrogens with one attached hydrogen (secondary N) is 1. The summed E-state index contributed by atoms with van der Waals surface area (Å²) in [5, 5.41) is 3.12. The minimum absolute atomic E-state index is 0.142. The van der Waals surface area contributed by atoms with Gasteiger partial charge in [-0.3, -0.25) is 4.79 Å². The van der Waals surface area contributed by atoms with Crippen LogP contribution in [0.1, 0.15) is 47.0 Å².